The Labute approximate surface area is 144 Å². The second-order valence-electron chi connectivity index (χ2n) is 5.48. The van der Waals surface area contributed by atoms with E-state index in [1.165, 1.54) is 19.2 Å². The molecule has 0 saturated carbocycles. The van der Waals surface area contributed by atoms with Crippen molar-refractivity contribution in [2.75, 3.05) is 14.2 Å². The highest BCUT2D eigenvalue weighted by atomic mass is 19.1. The normalized spacial score (nSPS) is 10.6. The Bertz CT molecular complexity index is 909. The lowest BCUT2D eigenvalue weighted by atomic mass is 9.99. The van der Waals surface area contributed by atoms with Crippen LogP contribution < -0.4 is 9.47 Å². The van der Waals surface area contributed by atoms with Crippen LogP contribution in [-0.2, 0) is 0 Å². The zero-order valence-electron chi connectivity index (χ0n) is 14.0. The van der Waals surface area contributed by atoms with Crippen LogP contribution in [0.2, 0.25) is 0 Å². The van der Waals surface area contributed by atoms with E-state index in [4.69, 9.17) is 9.47 Å². The van der Waals surface area contributed by atoms with Gasteiger partial charge in [-0.15, -0.1) is 5.10 Å². The fraction of sp³-hybridized carbons (Fsp3) is 0.158. The molecular weight excluding hydrogens is 326 g/mol. The fourth-order valence-corrected chi connectivity index (χ4v) is 2.61. The average molecular weight is 342 g/mol. The van der Waals surface area contributed by atoms with Crippen molar-refractivity contribution in [3.05, 3.63) is 59.8 Å². The van der Waals surface area contributed by atoms with Gasteiger partial charge in [-0.05, 0) is 48.9 Å². The molecule has 0 saturated heterocycles. The first-order chi connectivity index (χ1) is 12.0. The summed E-state index contributed by atoms with van der Waals surface area (Å²) in [6.45, 7) is 1.77. The lowest BCUT2D eigenvalue weighted by Crippen LogP contribution is -1.97. The van der Waals surface area contributed by atoms with Gasteiger partial charge in [0.15, 0.2) is 11.5 Å². The first-order valence-corrected chi connectivity index (χ1v) is 7.55. The number of aromatic nitrogens is 2. The molecule has 6 heteroatoms. The maximum atomic E-state index is 13.7. The SMILES string of the molecule is COc1ccc(-c2nnc(C)cc2-c2cc(F)cc(F)c2)cc1OC. The van der Waals surface area contributed by atoms with Gasteiger partial charge < -0.3 is 9.47 Å². The van der Waals surface area contributed by atoms with Crippen molar-refractivity contribution in [1.29, 1.82) is 0 Å². The summed E-state index contributed by atoms with van der Waals surface area (Å²) in [6.07, 6.45) is 0. The predicted octanol–water partition coefficient (Wildman–Crippen LogP) is 4.41. The molecule has 4 nitrogen and oxygen atoms in total. The Morgan fingerprint density at radius 1 is 0.760 bits per heavy atom. The van der Waals surface area contributed by atoms with Crippen LogP contribution in [0.25, 0.3) is 22.4 Å². The Balaban J connectivity index is 2.21. The molecule has 0 aliphatic carbocycles. The van der Waals surface area contributed by atoms with Crippen LogP contribution in [0, 0.1) is 18.6 Å². The van der Waals surface area contributed by atoms with E-state index in [0.29, 0.717) is 39.6 Å². The molecule has 0 spiro atoms. The third-order valence-electron chi connectivity index (χ3n) is 3.75. The van der Waals surface area contributed by atoms with Gasteiger partial charge in [-0.25, -0.2) is 8.78 Å². The number of nitrogens with zero attached hydrogens (tertiary/aromatic N) is 2. The molecule has 3 aromatic rings. The van der Waals surface area contributed by atoms with Gasteiger partial charge in [-0.1, -0.05) is 0 Å². The molecule has 0 aliphatic rings. The van der Waals surface area contributed by atoms with Crippen LogP contribution in [0.3, 0.4) is 0 Å². The van der Waals surface area contributed by atoms with E-state index in [0.717, 1.165) is 6.07 Å². The molecule has 25 heavy (non-hydrogen) atoms. The van der Waals surface area contributed by atoms with E-state index in [1.54, 1.807) is 38.3 Å². The van der Waals surface area contributed by atoms with Crippen molar-refractivity contribution in [1.82, 2.24) is 10.2 Å². The monoisotopic (exact) mass is 342 g/mol. The van der Waals surface area contributed by atoms with Gasteiger partial charge >= 0.3 is 0 Å². The van der Waals surface area contributed by atoms with E-state index in [-0.39, 0.29) is 0 Å². The number of aryl methyl sites for hydroxylation is 1. The molecule has 0 aliphatic heterocycles. The van der Waals surface area contributed by atoms with Gasteiger partial charge in [0.25, 0.3) is 0 Å². The van der Waals surface area contributed by atoms with Crippen LogP contribution in [0.1, 0.15) is 5.69 Å². The first-order valence-electron chi connectivity index (χ1n) is 7.55. The highest BCUT2D eigenvalue weighted by Gasteiger charge is 2.15. The van der Waals surface area contributed by atoms with Crippen LogP contribution in [0.4, 0.5) is 8.78 Å². The molecule has 0 unspecified atom stereocenters. The number of hydrogen-bond acceptors (Lipinski definition) is 4. The van der Waals surface area contributed by atoms with Gasteiger partial charge in [0.05, 0.1) is 19.9 Å². The largest absolute Gasteiger partial charge is 0.493 e. The standard InChI is InChI=1S/C19H16F2N2O2/c1-11-6-16(13-7-14(20)10-15(21)8-13)19(23-22-11)12-4-5-17(24-2)18(9-12)25-3/h4-10H,1-3H3. The van der Waals surface area contributed by atoms with Crippen molar-refractivity contribution in [3.8, 4) is 33.9 Å². The molecule has 1 heterocycles. The number of halogens is 2. The van der Waals surface area contributed by atoms with Crippen LogP contribution in [-0.4, -0.2) is 24.4 Å². The Morgan fingerprint density at radius 3 is 2.08 bits per heavy atom. The third-order valence-corrected chi connectivity index (χ3v) is 3.75. The molecule has 1 aromatic heterocycles. The van der Waals surface area contributed by atoms with Crippen molar-refractivity contribution in [2.24, 2.45) is 0 Å². The fourth-order valence-electron chi connectivity index (χ4n) is 2.61. The predicted molar refractivity (Wildman–Crippen MR) is 90.7 cm³/mol. The smallest absolute Gasteiger partial charge is 0.161 e. The zero-order valence-corrected chi connectivity index (χ0v) is 14.0. The molecule has 0 amide bonds. The average Bonchev–Trinajstić information content (AvgIpc) is 2.60. The van der Waals surface area contributed by atoms with E-state index in [1.807, 2.05) is 0 Å². The zero-order chi connectivity index (χ0) is 18.0. The van der Waals surface area contributed by atoms with Gasteiger partial charge in [-0.3, -0.25) is 0 Å². The summed E-state index contributed by atoms with van der Waals surface area (Å²) >= 11 is 0. The molecule has 0 N–H and O–H groups in total. The molecule has 0 fully saturated rings. The summed E-state index contributed by atoms with van der Waals surface area (Å²) in [5, 5.41) is 8.30. The minimum Gasteiger partial charge on any atom is -0.493 e. The van der Waals surface area contributed by atoms with Crippen molar-refractivity contribution in [3.63, 3.8) is 0 Å². The van der Waals surface area contributed by atoms with Crippen molar-refractivity contribution < 1.29 is 18.3 Å². The van der Waals surface area contributed by atoms with Gasteiger partial charge in [-0.2, -0.15) is 5.10 Å². The van der Waals surface area contributed by atoms with Crippen molar-refractivity contribution in [2.45, 2.75) is 6.92 Å². The quantitative estimate of drug-likeness (QED) is 0.704. The number of rotatable bonds is 4. The Kier molecular flexibility index (Phi) is 4.61. The summed E-state index contributed by atoms with van der Waals surface area (Å²) < 4.78 is 37.9. The van der Waals surface area contributed by atoms with Gasteiger partial charge in [0.1, 0.15) is 17.3 Å². The van der Waals surface area contributed by atoms with Gasteiger partial charge in [0, 0.05) is 17.2 Å². The van der Waals surface area contributed by atoms with E-state index in [2.05, 4.69) is 10.2 Å². The summed E-state index contributed by atoms with van der Waals surface area (Å²) in [7, 11) is 3.08. The summed E-state index contributed by atoms with van der Waals surface area (Å²) in [6, 6.07) is 10.4. The van der Waals surface area contributed by atoms with E-state index in [9.17, 15) is 8.78 Å². The summed E-state index contributed by atoms with van der Waals surface area (Å²) in [5.74, 6) is -0.200. The lowest BCUT2D eigenvalue weighted by molar-refractivity contribution is 0.355. The summed E-state index contributed by atoms with van der Waals surface area (Å²) in [5.41, 5.74) is 2.81. The molecule has 0 radical (unpaired) electrons. The topological polar surface area (TPSA) is 44.2 Å². The Hall–Kier alpha value is -3.02. The third kappa shape index (κ3) is 3.42. The molecule has 0 bridgehead atoms. The molecule has 3 rings (SSSR count). The molecule has 2 aromatic carbocycles. The first kappa shape index (κ1) is 16.8. The minimum atomic E-state index is -0.650. The molecule has 0 atom stereocenters. The van der Waals surface area contributed by atoms with Crippen LogP contribution in [0.15, 0.2) is 42.5 Å². The second kappa shape index (κ2) is 6.84. The van der Waals surface area contributed by atoms with Crippen LogP contribution >= 0.6 is 0 Å². The van der Waals surface area contributed by atoms with E-state index >= 15 is 0 Å². The lowest BCUT2D eigenvalue weighted by Gasteiger charge is -2.12. The van der Waals surface area contributed by atoms with E-state index < -0.39 is 11.6 Å². The maximum Gasteiger partial charge on any atom is 0.161 e. The molecule has 128 valence electrons. The highest BCUT2D eigenvalue weighted by molar-refractivity contribution is 5.81. The number of ether oxygens (including phenoxy) is 2. The highest BCUT2D eigenvalue weighted by Crippen LogP contribution is 2.36. The van der Waals surface area contributed by atoms with Crippen LogP contribution in [0.5, 0.6) is 11.5 Å². The van der Waals surface area contributed by atoms with Crippen molar-refractivity contribution >= 4 is 0 Å². The minimum absolute atomic E-state index is 0.389. The number of methoxy groups -OCH3 is 2. The van der Waals surface area contributed by atoms with Gasteiger partial charge in [0.2, 0.25) is 0 Å². The number of hydrogen-bond donors (Lipinski definition) is 0. The maximum absolute atomic E-state index is 13.7. The Morgan fingerprint density at radius 2 is 1.44 bits per heavy atom. The second-order valence-corrected chi connectivity index (χ2v) is 5.48. The number of benzene rings is 2. The molecular formula is C19H16F2N2O2. The summed E-state index contributed by atoms with van der Waals surface area (Å²) in [4.78, 5) is 0.